The van der Waals surface area contributed by atoms with Gasteiger partial charge in [-0.15, -0.1) is 0 Å². The van der Waals surface area contributed by atoms with Crippen molar-refractivity contribution in [2.45, 2.75) is 77.3 Å². The van der Waals surface area contributed by atoms with Crippen molar-refractivity contribution in [3.05, 3.63) is 29.8 Å². The molecule has 0 saturated carbocycles. The highest BCUT2D eigenvalue weighted by Crippen LogP contribution is 2.38. The van der Waals surface area contributed by atoms with Crippen molar-refractivity contribution in [1.82, 2.24) is 5.32 Å². The summed E-state index contributed by atoms with van der Waals surface area (Å²) in [5, 5.41) is 2.56. The van der Waals surface area contributed by atoms with E-state index in [4.69, 9.17) is 33.2 Å². The first-order valence-corrected chi connectivity index (χ1v) is 12.6. The molecule has 15 heteroatoms. The second kappa shape index (κ2) is 14.9. The van der Waals surface area contributed by atoms with Gasteiger partial charge in [0.2, 0.25) is 5.91 Å². The minimum Gasteiger partial charge on any atom is -0.464 e. The van der Waals surface area contributed by atoms with E-state index in [1.165, 1.54) is 24.3 Å². The number of hydrogen-bond acceptors (Lipinski definition) is 14. The second-order valence-corrected chi connectivity index (χ2v) is 9.22. The van der Waals surface area contributed by atoms with E-state index >= 15 is 0 Å². The van der Waals surface area contributed by atoms with Crippen molar-refractivity contribution in [3.63, 3.8) is 0 Å². The van der Waals surface area contributed by atoms with Crippen LogP contribution in [0.3, 0.4) is 0 Å². The quantitative estimate of drug-likeness (QED) is 0.198. The Bertz CT molecular complexity index is 1180. The van der Waals surface area contributed by atoms with Gasteiger partial charge in [-0.2, -0.15) is 0 Å². The molecule has 0 unspecified atom stereocenters. The second-order valence-electron chi connectivity index (χ2n) is 9.22. The monoisotopic (exact) mass is 595 g/mol. The summed E-state index contributed by atoms with van der Waals surface area (Å²) in [7, 11) is 1.04. The first-order chi connectivity index (χ1) is 19.7. The molecule has 2 rings (SSSR count). The third-order valence-corrected chi connectivity index (χ3v) is 5.79. The van der Waals surface area contributed by atoms with Gasteiger partial charge in [-0.05, 0) is 24.3 Å². The number of esters is 5. The molecule has 1 fully saturated rings. The number of rotatable bonds is 12. The molecule has 1 heterocycles. The Morgan fingerprint density at radius 2 is 1.57 bits per heavy atom. The van der Waals surface area contributed by atoms with Crippen molar-refractivity contribution in [2.75, 3.05) is 13.7 Å². The van der Waals surface area contributed by atoms with Gasteiger partial charge in [-0.3, -0.25) is 28.8 Å². The minimum atomic E-state index is -2.40. The minimum absolute atomic E-state index is 0.0183. The molecule has 1 aromatic rings. The van der Waals surface area contributed by atoms with Crippen LogP contribution in [0.4, 0.5) is 0 Å². The van der Waals surface area contributed by atoms with Crippen molar-refractivity contribution >= 4 is 42.0 Å². The van der Waals surface area contributed by atoms with E-state index in [2.05, 4.69) is 5.32 Å². The van der Waals surface area contributed by atoms with Gasteiger partial charge in [0.05, 0.1) is 19.6 Å². The smallest absolute Gasteiger partial charge is 0.379 e. The molecule has 42 heavy (non-hydrogen) atoms. The summed E-state index contributed by atoms with van der Waals surface area (Å²) in [5.41, 5.74) is 0.296. The maximum absolute atomic E-state index is 13.3. The third-order valence-electron chi connectivity index (χ3n) is 5.79. The Labute approximate surface area is 241 Å². The third kappa shape index (κ3) is 9.26. The number of methoxy groups -OCH3 is 1. The molecule has 1 aliphatic rings. The molecule has 0 spiro atoms. The van der Waals surface area contributed by atoms with E-state index in [-0.39, 0.29) is 5.75 Å². The number of benzene rings is 1. The first-order valence-electron chi connectivity index (χ1n) is 12.6. The van der Waals surface area contributed by atoms with Gasteiger partial charge < -0.3 is 38.5 Å². The van der Waals surface area contributed by atoms with Crippen LogP contribution in [0.2, 0.25) is 0 Å². The summed E-state index contributed by atoms with van der Waals surface area (Å²) < 4.78 is 38.3. The zero-order valence-electron chi connectivity index (χ0n) is 23.9. The molecule has 0 aliphatic carbocycles. The lowest BCUT2D eigenvalue weighted by Crippen LogP contribution is -2.70. The van der Waals surface area contributed by atoms with E-state index in [0.717, 1.165) is 41.7 Å². The average molecular weight is 596 g/mol. The Morgan fingerprint density at radius 1 is 0.952 bits per heavy atom. The van der Waals surface area contributed by atoms with Gasteiger partial charge >= 0.3 is 35.6 Å². The van der Waals surface area contributed by atoms with Crippen molar-refractivity contribution < 1.29 is 66.7 Å². The van der Waals surface area contributed by atoms with Gasteiger partial charge in [0.15, 0.2) is 12.2 Å². The highest BCUT2D eigenvalue weighted by Gasteiger charge is 2.60. The lowest BCUT2D eigenvalue weighted by Gasteiger charge is -2.48. The Hall–Kier alpha value is -4.53. The highest BCUT2D eigenvalue weighted by atomic mass is 16.7. The van der Waals surface area contributed by atoms with Crippen LogP contribution in [0.5, 0.6) is 5.75 Å². The molecule has 1 aromatic carbocycles. The van der Waals surface area contributed by atoms with Crippen LogP contribution in [0.15, 0.2) is 24.3 Å². The largest absolute Gasteiger partial charge is 0.464 e. The molecular weight excluding hydrogens is 562 g/mol. The van der Waals surface area contributed by atoms with E-state index in [0.29, 0.717) is 11.8 Å². The molecule has 6 atom stereocenters. The number of ether oxygens (including phenoxy) is 7. The Kier molecular flexibility index (Phi) is 12.0. The first kappa shape index (κ1) is 33.7. The van der Waals surface area contributed by atoms with E-state index in [9.17, 15) is 33.6 Å². The highest BCUT2D eigenvalue weighted by molar-refractivity contribution is 5.79. The van der Waals surface area contributed by atoms with Crippen molar-refractivity contribution in [2.24, 2.45) is 0 Å². The molecule has 1 amide bonds. The molecule has 1 N–H and O–H groups in total. The van der Waals surface area contributed by atoms with E-state index in [1.54, 1.807) is 0 Å². The molecule has 15 nitrogen and oxygen atoms in total. The van der Waals surface area contributed by atoms with E-state index < -0.39 is 85.0 Å². The maximum Gasteiger partial charge on any atom is 0.379 e. The lowest BCUT2D eigenvalue weighted by molar-refractivity contribution is -0.289. The average Bonchev–Trinajstić information content (AvgIpc) is 2.90. The Balaban J connectivity index is 2.78. The van der Waals surface area contributed by atoms with Gasteiger partial charge in [0, 0.05) is 40.2 Å². The fourth-order valence-corrected chi connectivity index (χ4v) is 4.31. The summed E-state index contributed by atoms with van der Waals surface area (Å²) in [4.78, 5) is 84.7. The van der Waals surface area contributed by atoms with Gasteiger partial charge in [-0.25, -0.2) is 4.79 Å². The maximum atomic E-state index is 13.3. The number of carbonyl (C=O) groups is 7. The SMILES string of the molecule is COC(=O)[C@@]1(Oc2ccc(C=O)cc2)C[C@H](OC(C)=O)[C@@H](NC(C)=O)[C@H]([C@H](OC(C)=O)[C@@H](COC(C)=O)OC(C)=O)O1. The lowest BCUT2D eigenvalue weighted by atomic mass is 9.88. The predicted octanol–water partition coefficient (Wildman–Crippen LogP) is 0.399. The summed E-state index contributed by atoms with van der Waals surface area (Å²) in [5.74, 6) is -7.48. The molecule has 0 aromatic heterocycles. The summed E-state index contributed by atoms with van der Waals surface area (Å²) in [6, 6.07) is 4.19. The zero-order chi connectivity index (χ0) is 31.6. The van der Waals surface area contributed by atoms with Gasteiger partial charge in [-0.1, -0.05) is 0 Å². The van der Waals surface area contributed by atoms with Crippen molar-refractivity contribution in [1.29, 1.82) is 0 Å². The fraction of sp³-hybridized carbons (Fsp3) is 0.519. The molecule has 0 radical (unpaired) electrons. The molecule has 1 aliphatic heterocycles. The van der Waals surface area contributed by atoms with Gasteiger partial charge in [0.1, 0.15) is 30.9 Å². The van der Waals surface area contributed by atoms with Crippen LogP contribution in [0.1, 0.15) is 51.4 Å². The number of hydrogen-bond donors (Lipinski definition) is 1. The zero-order valence-corrected chi connectivity index (χ0v) is 23.9. The van der Waals surface area contributed by atoms with Crippen molar-refractivity contribution in [3.8, 4) is 5.75 Å². The van der Waals surface area contributed by atoms with Crippen LogP contribution >= 0.6 is 0 Å². The Morgan fingerprint density at radius 3 is 2.05 bits per heavy atom. The topological polar surface area (TPSA) is 196 Å². The van der Waals surface area contributed by atoms with Crippen LogP contribution in [0, 0.1) is 0 Å². The summed E-state index contributed by atoms with van der Waals surface area (Å²) in [6.07, 6.45) is -6.18. The summed E-state index contributed by atoms with van der Waals surface area (Å²) in [6.45, 7) is 4.77. The fourth-order valence-electron chi connectivity index (χ4n) is 4.31. The van der Waals surface area contributed by atoms with Crippen LogP contribution in [-0.2, 0) is 57.2 Å². The van der Waals surface area contributed by atoms with E-state index in [1.807, 2.05) is 0 Å². The normalized spacial score (nSPS) is 22.8. The van der Waals surface area contributed by atoms with Crippen LogP contribution < -0.4 is 10.1 Å². The summed E-state index contributed by atoms with van der Waals surface area (Å²) >= 11 is 0. The predicted molar refractivity (Wildman–Crippen MR) is 138 cm³/mol. The number of amides is 1. The van der Waals surface area contributed by atoms with Crippen LogP contribution in [0.25, 0.3) is 0 Å². The van der Waals surface area contributed by atoms with Crippen LogP contribution in [-0.4, -0.2) is 92.0 Å². The molecule has 230 valence electrons. The molecule has 1 saturated heterocycles. The van der Waals surface area contributed by atoms with Gasteiger partial charge in [0.25, 0.3) is 0 Å². The molecule has 0 bridgehead atoms. The number of aldehydes is 1. The standard InChI is InChI=1S/C27H33NO14/c1-14(30)28-23-21(38-16(3)32)11-27(26(35)36-6,41-20-9-7-19(12-29)8-10-20)42-25(23)24(40-18(5)34)22(39-17(4)33)13-37-15(2)31/h7-10,12,21-25H,11,13H2,1-6H3,(H,28,30)/t21-,22+,23+,24+,25+,27+/m0/s1. The number of carbonyl (C=O) groups excluding carboxylic acids is 7. The molecular formula is C27H33NO14. The number of nitrogens with one attached hydrogen (secondary N) is 1.